The Morgan fingerprint density at radius 2 is 2.05 bits per heavy atom. The predicted octanol–water partition coefficient (Wildman–Crippen LogP) is 4.16. The minimum absolute atomic E-state index is 0.0545. The van der Waals surface area contributed by atoms with Gasteiger partial charge >= 0.3 is 0 Å². The van der Waals surface area contributed by atoms with Gasteiger partial charge in [0, 0.05) is 5.92 Å². The molecule has 1 aromatic carbocycles. The molecule has 0 radical (unpaired) electrons. The van der Waals surface area contributed by atoms with Crippen molar-refractivity contribution in [3.63, 3.8) is 0 Å². The van der Waals surface area contributed by atoms with Gasteiger partial charge in [-0.3, -0.25) is 4.79 Å². The number of nitrogens with one attached hydrogen (secondary N) is 1. The van der Waals surface area contributed by atoms with E-state index in [0.717, 1.165) is 31.3 Å². The third-order valence-corrected chi connectivity index (χ3v) is 3.57. The zero-order valence-corrected chi connectivity index (χ0v) is 12.7. The number of allylic oxidation sites excluding steroid dienone is 1. The standard InChI is InChI=1S/C18H24N2O/c1-2-3-5-10-16(13-15-8-6-4-7-9-15)14-19-20-18(21)17-11-12-17/h4,6-9,13-14,17H,2-3,5,10-12H2,1H3,(H,20,21)/b16-13+,19-14-. The molecule has 0 atom stereocenters. The summed E-state index contributed by atoms with van der Waals surface area (Å²) in [7, 11) is 0. The van der Waals surface area contributed by atoms with Gasteiger partial charge in [0.15, 0.2) is 0 Å². The highest BCUT2D eigenvalue weighted by Gasteiger charge is 2.29. The number of nitrogens with zero attached hydrogens (tertiary/aromatic N) is 1. The number of rotatable bonds is 8. The highest BCUT2D eigenvalue weighted by atomic mass is 16.2. The highest BCUT2D eigenvalue weighted by Crippen LogP contribution is 2.28. The van der Waals surface area contributed by atoms with Crippen molar-refractivity contribution in [3.8, 4) is 0 Å². The second kappa shape index (κ2) is 8.40. The van der Waals surface area contributed by atoms with Crippen LogP contribution < -0.4 is 5.43 Å². The molecule has 0 aliphatic heterocycles. The zero-order chi connectivity index (χ0) is 14.9. The van der Waals surface area contributed by atoms with E-state index in [1.165, 1.54) is 18.4 Å². The van der Waals surface area contributed by atoms with Crippen LogP contribution in [0.5, 0.6) is 0 Å². The van der Waals surface area contributed by atoms with Crippen molar-refractivity contribution in [2.24, 2.45) is 11.0 Å². The molecule has 0 saturated heterocycles. The number of hydrogen-bond acceptors (Lipinski definition) is 2. The smallest absolute Gasteiger partial charge is 0.243 e. The molecular weight excluding hydrogens is 260 g/mol. The summed E-state index contributed by atoms with van der Waals surface area (Å²) in [6.45, 7) is 2.20. The molecule has 21 heavy (non-hydrogen) atoms. The van der Waals surface area contributed by atoms with E-state index in [1.54, 1.807) is 6.21 Å². The Bertz CT molecular complexity index is 501. The lowest BCUT2D eigenvalue weighted by atomic mass is 10.1. The number of hydrazone groups is 1. The number of carbonyl (C=O) groups excluding carboxylic acids is 1. The van der Waals surface area contributed by atoms with Crippen LogP contribution in [0, 0.1) is 5.92 Å². The zero-order valence-electron chi connectivity index (χ0n) is 12.7. The first-order valence-electron chi connectivity index (χ1n) is 7.88. The Morgan fingerprint density at radius 1 is 1.29 bits per heavy atom. The molecule has 3 nitrogen and oxygen atoms in total. The van der Waals surface area contributed by atoms with Gasteiger partial charge in [-0.2, -0.15) is 5.10 Å². The second-order valence-corrected chi connectivity index (χ2v) is 5.60. The van der Waals surface area contributed by atoms with Gasteiger partial charge in [0.1, 0.15) is 0 Å². The Morgan fingerprint density at radius 3 is 2.71 bits per heavy atom. The Balaban J connectivity index is 1.95. The maximum atomic E-state index is 11.6. The molecule has 1 aliphatic rings. The summed E-state index contributed by atoms with van der Waals surface area (Å²) in [4.78, 5) is 11.6. The van der Waals surface area contributed by atoms with Gasteiger partial charge in [-0.1, -0.05) is 56.2 Å². The van der Waals surface area contributed by atoms with Crippen LogP contribution in [0.4, 0.5) is 0 Å². The monoisotopic (exact) mass is 284 g/mol. The van der Waals surface area contributed by atoms with Crippen LogP contribution in [0.1, 0.15) is 51.0 Å². The molecule has 112 valence electrons. The molecule has 0 spiro atoms. The normalized spacial score (nSPS) is 15.4. The van der Waals surface area contributed by atoms with Crippen molar-refractivity contribution in [3.05, 3.63) is 41.5 Å². The summed E-state index contributed by atoms with van der Waals surface area (Å²) in [6, 6.07) is 10.2. The summed E-state index contributed by atoms with van der Waals surface area (Å²) in [5.41, 5.74) is 4.97. The van der Waals surface area contributed by atoms with Gasteiger partial charge in [0.05, 0.1) is 6.21 Å². The van der Waals surface area contributed by atoms with E-state index in [1.807, 2.05) is 18.2 Å². The summed E-state index contributed by atoms with van der Waals surface area (Å²) in [6.07, 6.45) is 10.5. The quantitative estimate of drug-likeness (QED) is 0.434. The van der Waals surface area contributed by atoms with Crippen LogP contribution in [-0.4, -0.2) is 12.1 Å². The minimum Gasteiger partial charge on any atom is -0.273 e. The molecule has 1 aliphatic carbocycles. The van der Waals surface area contributed by atoms with Crippen LogP contribution in [0.15, 0.2) is 41.0 Å². The van der Waals surface area contributed by atoms with E-state index in [9.17, 15) is 4.79 Å². The SMILES string of the molecule is CCCCCC(/C=N\NC(=O)C1CC1)=C\c1ccccc1. The van der Waals surface area contributed by atoms with Gasteiger partial charge in [-0.15, -0.1) is 0 Å². The fraction of sp³-hybridized carbons (Fsp3) is 0.444. The van der Waals surface area contributed by atoms with Crippen molar-refractivity contribution in [1.82, 2.24) is 5.43 Å². The first kappa shape index (κ1) is 15.5. The van der Waals surface area contributed by atoms with Gasteiger partial charge < -0.3 is 0 Å². The average molecular weight is 284 g/mol. The molecule has 3 heteroatoms. The van der Waals surface area contributed by atoms with E-state index >= 15 is 0 Å². The van der Waals surface area contributed by atoms with E-state index in [2.05, 4.69) is 35.7 Å². The average Bonchev–Trinajstić information content (AvgIpc) is 3.33. The molecule has 1 amide bonds. The lowest BCUT2D eigenvalue weighted by Gasteiger charge is -2.03. The molecule has 1 saturated carbocycles. The van der Waals surface area contributed by atoms with Crippen molar-refractivity contribution < 1.29 is 4.79 Å². The fourth-order valence-electron chi connectivity index (χ4n) is 2.13. The van der Waals surface area contributed by atoms with Crippen molar-refractivity contribution in [1.29, 1.82) is 0 Å². The van der Waals surface area contributed by atoms with Crippen LogP contribution in [0.25, 0.3) is 6.08 Å². The lowest BCUT2D eigenvalue weighted by molar-refractivity contribution is -0.122. The molecule has 2 rings (SSSR count). The molecule has 0 bridgehead atoms. The second-order valence-electron chi connectivity index (χ2n) is 5.60. The number of amides is 1. The molecule has 0 heterocycles. The number of hydrogen-bond donors (Lipinski definition) is 1. The van der Waals surface area contributed by atoms with Crippen molar-refractivity contribution in [2.45, 2.75) is 45.4 Å². The summed E-state index contributed by atoms with van der Waals surface area (Å²) < 4.78 is 0. The van der Waals surface area contributed by atoms with E-state index in [4.69, 9.17) is 0 Å². The predicted molar refractivity (Wildman–Crippen MR) is 87.9 cm³/mol. The van der Waals surface area contributed by atoms with Gasteiger partial charge in [-0.25, -0.2) is 5.43 Å². The third kappa shape index (κ3) is 5.94. The molecule has 1 fully saturated rings. The maximum absolute atomic E-state index is 11.6. The summed E-state index contributed by atoms with van der Waals surface area (Å²) in [5.74, 6) is 0.252. The van der Waals surface area contributed by atoms with Crippen LogP contribution in [-0.2, 0) is 4.79 Å². The lowest BCUT2D eigenvalue weighted by Crippen LogP contribution is -2.19. The molecule has 0 aromatic heterocycles. The van der Waals surface area contributed by atoms with Crippen LogP contribution >= 0.6 is 0 Å². The molecule has 1 N–H and O–H groups in total. The molecule has 0 unspecified atom stereocenters. The first-order chi connectivity index (χ1) is 10.3. The Hall–Kier alpha value is -1.90. The van der Waals surface area contributed by atoms with E-state index in [-0.39, 0.29) is 11.8 Å². The van der Waals surface area contributed by atoms with E-state index in [0.29, 0.717) is 0 Å². The Kier molecular flexibility index (Phi) is 6.20. The highest BCUT2D eigenvalue weighted by molar-refractivity contribution is 5.87. The third-order valence-electron chi connectivity index (χ3n) is 3.57. The number of carbonyl (C=O) groups is 1. The summed E-state index contributed by atoms with van der Waals surface area (Å²) >= 11 is 0. The number of benzene rings is 1. The maximum Gasteiger partial charge on any atom is 0.243 e. The van der Waals surface area contributed by atoms with Gasteiger partial charge in [0.2, 0.25) is 5.91 Å². The van der Waals surface area contributed by atoms with E-state index < -0.39 is 0 Å². The molecular formula is C18H24N2O. The number of unbranched alkanes of at least 4 members (excludes halogenated alkanes) is 2. The largest absolute Gasteiger partial charge is 0.273 e. The Labute approximate surface area is 127 Å². The molecule has 1 aromatic rings. The van der Waals surface area contributed by atoms with Crippen LogP contribution in [0.3, 0.4) is 0 Å². The minimum atomic E-state index is 0.0545. The van der Waals surface area contributed by atoms with Crippen molar-refractivity contribution >= 4 is 18.2 Å². The fourth-order valence-corrected chi connectivity index (χ4v) is 2.13. The van der Waals surface area contributed by atoms with Gasteiger partial charge in [0.25, 0.3) is 0 Å². The van der Waals surface area contributed by atoms with Gasteiger partial charge in [-0.05, 0) is 36.8 Å². The van der Waals surface area contributed by atoms with Crippen molar-refractivity contribution in [2.75, 3.05) is 0 Å². The summed E-state index contributed by atoms with van der Waals surface area (Å²) in [5, 5.41) is 4.11. The first-order valence-corrected chi connectivity index (χ1v) is 7.88. The topological polar surface area (TPSA) is 41.5 Å². The van der Waals surface area contributed by atoms with Crippen LogP contribution in [0.2, 0.25) is 0 Å².